The predicted octanol–water partition coefficient (Wildman–Crippen LogP) is 8.07. The molecule has 10 atom stereocenters. The summed E-state index contributed by atoms with van der Waals surface area (Å²) in [4.78, 5) is 72.4. The number of aliphatic hydroxyl groups is 1. The third-order valence-electron chi connectivity index (χ3n) is 15.3. The third-order valence-corrected chi connectivity index (χ3v) is 18.0. The maximum absolute atomic E-state index is 14.4. The minimum atomic E-state index is -1.00. The standard InChI is InChI=1S/C57H71ClN10O6S2/c1-11-66(24-23-65(10)55-45(74-55)28-43-51-64-63-35(6)68(51)56-47(31(2)34(5)76-56)48(61-43)38-19-21-41(58)22-20-38)53(72)40-14-12-13-36(25-40)26-46(70)62-50(57(7,8)9)54(73)67-29-42(69)27-44(67)52(71)60-32(3)37-15-17-39(18-16-37)49-33(4)59-30-75-49/h12-21,25,30-32,34,41-45,50,55,69H,11,22-24,26-29H2,1-10H3,(H,60,71)(H,62,70)/t31-,32-,34?,41?,42+,43-,44-,45-,50+,55?/m0/s1. The highest BCUT2D eigenvalue weighted by Gasteiger charge is 2.48. The Morgan fingerprint density at radius 2 is 1.80 bits per heavy atom. The summed E-state index contributed by atoms with van der Waals surface area (Å²) in [5, 5.41) is 27.5. The van der Waals surface area contributed by atoms with Crippen molar-refractivity contribution in [2.45, 2.75) is 141 Å². The average molecular weight is 1090 g/mol. The summed E-state index contributed by atoms with van der Waals surface area (Å²) in [5.74, 6) is 0.533. The maximum Gasteiger partial charge on any atom is 0.253 e. The van der Waals surface area contributed by atoms with Crippen molar-refractivity contribution in [1.29, 1.82) is 0 Å². The molecule has 6 heterocycles. The molecule has 5 aliphatic rings. The molecule has 0 bridgehead atoms. The number of epoxide rings is 1. The van der Waals surface area contributed by atoms with Crippen molar-refractivity contribution < 1.29 is 29.0 Å². The molecule has 4 aromatic rings. The number of aliphatic hydroxyl groups excluding tert-OH is 1. The van der Waals surface area contributed by atoms with Gasteiger partial charge in [-0.2, -0.15) is 0 Å². The number of ether oxygens (including phenoxy) is 1. The molecular weight excluding hydrogens is 1020 g/mol. The Morgan fingerprint density at radius 3 is 2.49 bits per heavy atom. The number of nitrogens with one attached hydrogen (secondary N) is 2. The number of aliphatic imine (C=N–C) groups is 1. The number of hydrogen-bond donors (Lipinski definition) is 3. The van der Waals surface area contributed by atoms with E-state index in [0.29, 0.717) is 42.4 Å². The number of nitrogens with zero attached hydrogens (tertiary/aromatic N) is 8. The molecular formula is C57H71ClN10O6S2. The van der Waals surface area contributed by atoms with Crippen LogP contribution in [-0.4, -0.2) is 143 Å². The summed E-state index contributed by atoms with van der Waals surface area (Å²) < 4.78 is 8.53. The maximum atomic E-state index is 14.4. The Labute approximate surface area is 459 Å². The van der Waals surface area contributed by atoms with Crippen molar-refractivity contribution in [2.24, 2.45) is 16.3 Å². The quantitative estimate of drug-likeness (QED) is 0.0685. The molecule has 3 unspecified atom stereocenters. The van der Waals surface area contributed by atoms with Crippen LogP contribution in [0.25, 0.3) is 15.5 Å². The zero-order valence-corrected chi connectivity index (χ0v) is 47.5. The van der Waals surface area contributed by atoms with Gasteiger partial charge in [-0.1, -0.05) is 89.2 Å². The molecule has 1 aliphatic carbocycles. The molecule has 2 saturated heterocycles. The second kappa shape index (κ2) is 22.8. The monoisotopic (exact) mass is 1090 g/mol. The van der Waals surface area contributed by atoms with Crippen LogP contribution in [0.15, 0.2) is 88.4 Å². The molecule has 4 amide bonds. The third kappa shape index (κ3) is 11.8. The van der Waals surface area contributed by atoms with Gasteiger partial charge in [0.05, 0.1) is 50.8 Å². The molecule has 0 radical (unpaired) electrons. The van der Waals surface area contributed by atoms with Gasteiger partial charge in [0.1, 0.15) is 36.3 Å². The topological polar surface area (TPSA) is 191 Å². The van der Waals surface area contributed by atoms with Gasteiger partial charge in [-0.15, -0.1) is 44.9 Å². The van der Waals surface area contributed by atoms with E-state index in [1.807, 2.05) is 103 Å². The van der Waals surface area contributed by atoms with Crippen molar-refractivity contribution in [2.75, 3.05) is 33.2 Å². The van der Waals surface area contributed by atoms with Gasteiger partial charge in [-0.3, -0.25) is 33.6 Å². The van der Waals surface area contributed by atoms with E-state index in [2.05, 4.69) is 56.2 Å². The molecule has 4 aliphatic heterocycles. The Kier molecular flexibility index (Phi) is 16.6. The molecule has 2 aromatic carbocycles. The molecule has 9 rings (SSSR count). The summed E-state index contributed by atoms with van der Waals surface area (Å²) >= 11 is 9.90. The molecule has 2 aromatic heterocycles. The Bertz CT molecular complexity index is 2980. The van der Waals surface area contributed by atoms with Gasteiger partial charge < -0.3 is 30.3 Å². The number of benzene rings is 2. The second-order valence-electron chi connectivity index (χ2n) is 22.0. The van der Waals surface area contributed by atoms with Gasteiger partial charge in [-0.05, 0) is 86.9 Å². The lowest BCUT2D eigenvalue weighted by Gasteiger charge is -2.35. The number of halogens is 1. The number of likely N-dealkylation sites (N-methyl/N-ethyl adjacent to an activating group) is 2. The van der Waals surface area contributed by atoms with Gasteiger partial charge in [0.15, 0.2) is 5.82 Å². The zero-order valence-electron chi connectivity index (χ0n) is 45.1. The Balaban J connectivity index is 0.797. The minimum Gasteiger partial charge on any atom is -0.391 e. The fourth-order valence-electron chi connectivity index (χ4n) is 10.7. The number of allylic oxidation sites excluding steroid dienone is 5. The number of amides is 4. The fourth-order valence-corrected chi connectivity index (χ4v) is 13.1. The fraction of sp³-hybridized carbons (Fsp3) is 0.509. The first kappa shape index (κ1) is 55.3. The lowest BCUT2D eigenvalue weighted by atomic mass is 9.85. The van der Waals surface area contributed by atoms with Crippen molar-refractivity contribution >= 4 is 69.1 Å². The van der Waals surface area contributed by atoms with Crippen molar-refractivity contribution in [3.8, 4) is 10.4 Å². The molecule has 404 valence electrons. The summed E-state index contributed by atoms with van der Waals surface area (Å²) in [6.45, 7) is 19.3. The summed E-state index contributed by atoms with van der Waals surface area (Å²) in [6.07, 6.45) is 6.53. The molecule has 0 spiro atoms. The van der Waals surface area contributed by atoms with E-state index in [1.165, 1.54) is 10.5 Å². The number of alkyl halides is 1. The van der Waals surface area contributed by atoms with Crippen LogP contribution in [0.4, 0.5) is 0 Å². The number of hydrogen-bond acceptors (Lipinski definition) is 13. The highest BCUT2D eigenvalue weighted by Crippen LogP contribution is 2.50. The van der Waals surface area contributed by atoms with Crippen LogP contribution < -0.4 is 10.6 Å². The van der Waals surface area contributed by atoms with Crippen molar-refractivity contribution in [3.63, 3.8) is 0 Å². The number of likely N-dealkylation sites (tertiary alicyclic amines) is 1. The van der Waals surface area contributed by atoms with E-state index >= 15 is 0 Å². The highest BCUT2D eigenvalue weighted by atomic mass is 35.5. The van der Waals surface area contributed by atoms with Crippen LogP contribution in [0.5, 0.6) is 0 Å². The van der Waals surface area contributed by atoms with E-state index in [4.69, 9.17) is 26.4 Å². The molecule has 16 nitrogen and oxygen atoms in total. The lowest BCUT2D eigenvalue weighted by molar-refractivity contribution is -0.144. The van der Waals surface area contributed by atoms with E-state index in [9.17, 15) is 24.3 Å². The number of thiazole rings is 1. The zero-order chi connectivity index (χ0) is 54.3. The number of aryl methyl sites for hydroxylation is 2. The number of thioether (sulfide) groups is 1. The Morgan fingerprint density at radius 1 is 1.04 bits per heavy atom. The SMILES string of the molecule is CCN(CCN(C)C1O[C@H]1C[C@@H]1N=C(C2=CCC(Cl)C=C2)C2=C(SC(C)[C@@H]2C)n2c(C)nnc21)C(=O)c1cccc(CC(=O)N[C@H](C(=O)N2C[C@H](O)C[C@H]2C(=O)N[C@@H](C)c2ccc(-c3scnc3C)cc2)C(C)(C)C)c1. The van der Waals surface area contributed by atoms with Crippen molar-refractivity contribution in [3.05, 3.63) is 117 Å². The van der Waals surface area contributed by atoms with Gasteiger partial charge in [0.2, 0.25) is 17.7 Å². The molecule has 76 heavy (non-hydrogen) atoms. The smallest absolute Gasteiger partial charge is 0.253 e. The van der Waals surface area contributed by atoms with Crippen LogP contribution >= 0.6 is 34.7 Å². The minimum absolute atomic E-state index is 0.0372. The number of aromatic nitrogens is 4. The van der Waals surface area contributed by atoms with E-state index < -0.39 is 35.4 Å². The molecule has 3 N–H and O–H groups in total. The average Bonchev–Trinajstić information content (AvgIpc) is 3.64. The number of carbonyl (C=O) groups excluding carboxylic acids is 4. The van der Waals surface area contributed by atoms with Crippen LogP contribution in [0.2, 0.25) is 0 Å². The van der Waals surface area contributed by atoms with E-state index in [1.54, 1.807) is 40.5 Å². The second-order valence-corrected chi connectivity index (χ2v) is 24.7. The van der Waals surface area contributed by atoms with Gasteiger partial charge in [0, 0.05) is 55.4 Å². The lowest BCUT2D eigenvalue weighted by Crippen LogP contribution is -2.58. The van der Waals surface area contributed by atoms with Crippen molar-refractivity contribution in [1.82, 2.24) is 45.1 Å². The van der Waals surface area contributed by atoms with E-state index in [-0.39, 0.29) is 66.9 Å². The van der Waals surface area contributed by atoms with Crippen LogP contribution in [0, 0.1) is 25.2 Å². The van der Waals surface area contributed by atoms with E-state index in [0.717, 1.165) is 56.1 Å². The first-order valence-corrected chi connectivity index (χ1v) is 28.7. The number of β-amino-alcohol motifs (C(OH)–C–C–N with tert-alkyl or cyclic N) is 1. The summed E-state index contributed by atoms with van der Waals surface area (Å²) in [5.41, 5.74) is 8.34. The summed E-state index contributed by atoms with van der Waals surface area (Å²) in [7, 11) is 2.01. The van der Waals surface area contributed by atoms with Gasteiger partial charge in [0.25, 0.3) is 5.91 Å². The van der Waals surface area contributed by atoms with Crippen LogP contribution in [-0.2, 0) is 25.5 Å². The van der Waals surface area contributed by atoms with Crippen LogP contribution in [0.1, 0.15) is 119 Å². The predicted molar refractivity (Wildman–Crippen MR) is 300 cm³/mol. The highest BCUT2D eigenvalue weighted by molar-refractivity contribution is 8.08. The first-order chi connectivity index (χ1) is 36.2. The Hall–Kier alpha value is -5.50. The summed E-state index contributed by atoms with van der Waals surface area (Å²) in [6, 6.07) is 12.4. The largest absolute Gasteiger partial charge is 0.391 e. The molecule has 0 saturated carbocycles. The first-order valence-electron chi connectivity index (χ1n) is 26.5. The number of carbonyl (C=O) groups is 4. The molecule has 2 fully saturated rings. The van der Waals surface area contributed by atoms with Crippen LogP contribution in [0.3, 0.4) is 0 Å². The number of rotatable bonds is 17. The molecule has 19 heteroatoms. The number of fused-ring (bicyclic) bond motifs is 2. The normalized spacial score (nSPS) is 24.8. The van der Waals surface area contributed by atoms with Gasteiger partial charge in [-0.25, -0.2) is 4.98 Å². The van der Waals surface area contributed by atoms with Gasteiger partial charge >= 0.3 is 0 Å².